The van der Waals surface area contributed by atoms with Crippen molar-refractivity contribution in [1.82, 2.24) is 25.0 Å². The third-order valence-corrected chi connectivity index (χ3v) is 2.36. The topological polar surface area (TPSA) is 109 Å². The zero-order chi connectivity index (χ0) is 12.4. The van der Waals surface area contributed by atoms with Gasteiger partial charge >= 0.3 is 5.97 Å². The smallest absolute Gasteiger partial charge is 0.358 e. The van der Waals surface area contributed by atoms with Crippen LogP contribution in [0.15, 0.2) is 16.9 Å². The summed E-state index contributed by atoms with van der Waals surface area (Å²) in [5.41, 5.74) is 5.53. The molecular formula is C8H7BrN6O2. The number of carbonyl (C=O) groups is 1. The van der Waals surface area contributed by atoms with Crippen LogP contribution in [0.2, 0.25) is 0 Å². The van der Waals surface area contributed by atoms with Gasteiger partial charge in [-0.1, -0.05) is 0 Å². The van der Waals surface area contributed by atoms with Gasteiger partial charge in [0.1, 0.15) is 0 Å². The lowest BCUT2D eigenvalue weighted by molar-refractivity contribution is 0.0592. The van der Waals surface area contributed by atoms with Crippen LogP contribution in [0.25, 0.3) is 5.82 Å². The number of anilines is 1. The second-order valence-electron chi connectivity index (χ2n) is 2.92. The highest BCUT2D eigenvalue weighted by Crippen LogP contribution is 2.13. The van der Waals surface area contributed by atoms with Crippen molar-refractivity contribution in [2.45, 2.75) is 0 Å². The van der Waals surface area contributed by atoms with Gasteiger partial charge in [-0.25, -0.2) is 4.79 Å². The summed E-state index contributed by atoms with van der Waals surface area (Å²) in [6.45, 7) is 0. The Morgan fingerprint density at radius 2 is 2.24 bits per heavy atom. The molecule has 88 valence electrons. The molecule has 0 fully saturated rings. The highest BCUT2D eigenvalue weighted by molar-refractivity contribution is 9.10. The number of methoxy groups -OCH3 is 1. The number of halogens is 1. The molecule has 0 aromatic carbocycles. The zero-order valence-electron chi connectivity index (χ0n) is 8.66. The van der Waals surface area contributed by atoms with E-state index in [9.17, 15) is 4.79 Å². The summed E-state index contributed by atoms with van der Waals surface area (Å²) in [6, 6.07) is 3.02. The summed E-state index contributed by atoms with van der Waals surface area (Å²) in [5, 5.41) is 11.4. The molecule has 0 spiro atoms. The van der Waals surface area contributed by atoms with Gasteiger partial charge in [-0.3, -0.25) is 0 Å². The van der Waals surface area contributed by atoms with E-state index in [1.54, 1.807) is 6.07 Å². The number of rotatable bonds is 2. The van der Waals surface area contributed by atoms with Crippen LogP contribution < -0.4 is 5.73 Å². The maximum atomic E-state index is 11.1. The molecule has 8 nitrogen and oxygen atoms in total. The molecule has 0 atom stereocenters. The number of aromatic nitrogens is 5. The second-order valence-corrected chi connectivity index (χ2v) is 3.63. The highest BCUT2D eigenvalue weighted by Gasteiger charge is 2.11. The summed E-state index contributed by atoms with van der Waals surface area (Å²) < 4.78 is 6.25. The van der Waals surface area contributed by atoms with Gasteiger partial charge in [0.05, 0.1) is 7.11 Å². The first-order valence-corrected chi connectivity index (χ1v) is 5.21. The van der Waals surface area contributed by atoms with Gasteiger partial charge in [0.2, 0.25) is 10.7 Å². The Morgan fingerprint density at radius 3 is 2.71 bits per heavy atom. The molecule has 2 N–H and O–H groups in total. The van der Waals surface area contributed by atoms with Crippen LogP contribution in [0, 0.1) is 0 Å². The Labute approximate surface area is 104 Å². The van der Waals surface area contributed by atoms with Crippen molar-refractivity contribution in [2.75, 3.05) is 12.8 Å². The number of nitrogens with zero attached hydrogens (tertiary/aromatic N) is 5. The molecule has 0 unspecified atom stereocenters. The minimum Gasteiger partial charge on any atom is -0.464 e. The molecule has 0 saturated heterocycles. The summed E-state index contributed by atoms with van der Waals surface area (Å²) in [5.74, 6) is -0.0642. The van der Waals surface area contributed by atoms with Crippen molar-refractivity contribution < 1.29 is 9.53 Å². The van der Waals surface area contributed by atoms with Crippen LogP contribution in [0.1, 0.15) is 10.5 Å². The van der Waals surface area contributed by atoms with Gasteiger partial charge in [-0.2, -0.15) is 9.67 Å². The molecule has 0 aliphatic carbocycles. The molecule has 0 bridgehead atoms. The third kappa shape index (κ3) is 2.23. The monoisotopic (exact) mass is 298 g/mol. The van der Waals surface area contributed by atoms with Crippen molar-refractivity contribution in [3.63, 3.8) is 0 Å². The number of nitrogen functional groups attached to an aromatic ring is 1. The lowest BCUT2D eigenvalue weighted by Gasteiger charge is -2.00. The van der Waals surface area contributed by atoms with E-state index < -0.39 is 5.97 Å². The Hall–Kier alpha value is -2.03. The molecule has 0 saturated carbocycles. The van der Waals surface area contributed by atoms with Gasteiger partial charge in [-0.15, -0.1) is 15.3 Å². The van der Waals surface area contributed by atoms with Crippen molar-refractivity contribution in [1.29, 1.82) is 0 Å². The van der Waals surface area contributed by atoms with Gasteiger partial charge in [-0.05, 0) is 28.1 Å². The number of hydrogen-bond donors (Lipinski definition) is 1. The molecule has 0 radical (unpaired) electrons. The van der Waals surface area contributed by atoms with E-state index in [4.69, 9.17) is 5.73 Å². The summed E-state index contributed by atoms with van der Waals surface area (Å²) in [7, 11) is 1.27. The molecule has 0 aliphatic rings. The maximum absolute atomic E-state index is 11.1. The van der Waals surface area contributed by atoms with E-state index in [0.29, 0.717) is 10.6 Å². The molecule has 2 aromatic rings. The lowest BCUT2D eigenvalue weighted by atomic mass is 10.4. The average Bonchev–Trinajstić information content (AvgIpc) is 2.68. The Kier molecular flexibility index (Phi) is 3.00. The van der Waals surface area contributed by atoms with E-state index in [-0.39, 0.29) is 11.6 Å². The fourth-order valence-electron chi connectivity index (χ4n) is 1.11. The Balaban J connectivity index is 2.35. The quantitative estimate of drug-likeness (QED) is 0.788. The van der Waals surface area contributed by atoms with Crippen LogP contribution >= 0.6 is 15.9 Å². The van der Waals surface area contributed by atoms with Crippen molar-refractivity contribution >= 4 is 27.8 Å². The molecular weight excluding hydrogens is 292 g/mol. The minimum absolute atomic E-state index is 0.107. The number of ether oxygens (including phenoxy) is 1. The van der Waals surface area contributed by atoms with Crippen molar-refractivity contribution in [3.05, 3.63) is 22.6 Å². The van der Waals surface area contributed by atoms with E-state index >= 15 is 0 Å². The van der Waals surface area contributed by atoms with Gasteiger partial charge in [0, 0.05) is 0 Å². The summed E-state index contributed by atoms with van der Waals surface area (Å²) in [4.78, 5) is 15.0. The first-order valence-electron chi connectivity index (χ1n) is 4.42. The normalized spacial score (nSPS) is 10.2. The standard InChI is InChI=1S/C8H7BrN6O2/c1-17-6(16)4-2-3-5(13-12-4)15-7(9)11-8(10)14-15/h2-3H,1H3,(H2,10,14). The van der Waals surface area contributed by atoms with Gasteiger partial charge < -0.3 is 10.5 Å². The highest BCUT2D eigenvalue weighted by atomic mass is 79.9. The van der Waals surface area contributed by atoms with Crippen LogP contribution in [0.4, 0.5) is 5.95 Å². The lowest BCUT2D eigenvalue weighted by Crippen LogP contribution is -2.08. The first kappa shape index (κ1) is 11.5. The number of hydrogen-bond acceptors (Lipinski definition) is 7. The molecule has 2 aromatic heterocycles. The molecule has 17 heavy (non-hydrogen) atoms. The largest absolute Gasteiger partial charge is 0.464 e. The predicted molar refractivity (Wildman–Crippen MR) is 60.4 cm³/mol. The third-order valence-electron chi connectivity index (χ3n) is 1.85. The van der Waals surface area contributed by atoms with E-state index in [0.717, 1.165) is 0 Å². The van der Waals surface area contributed by atoms with Crippen LogP contribution in [0.5, 0.6) is 0 Å². The second kappa shape index (κ2) is 4.45. The SMILES string of the molecule is COC(=O)c1ccc(-n2nc(N)nc2Br)nn1. The zero-order valence-corrected chi connectivity index (χ0v) is 10.2. The molecule has 2 rings (SSSR count). The Bertz CT molecular complexity index is 552. The van der Waals surface area contributed by atoms with Crippen molar-refractivity contribution in [3.8, 4) is 5.82 Å². The predicted octanol–water partition coefficient (Wildman–Crippen LogP) is 0.189. The number of esters is 1. The van der Waals surface area contributed by atoms with Gasteiger partial charge in [0.15, 0.2) is 11.5 Å². The minimum atomic E-state index is -0.554. The summed E-state index contributed by atoms with van der Waals surface area (Å²) in [6.07, 6.45) is 0. The molecule has 0 aliphatic heterocycles. The van der Waals surface area contributed by atoms with E-state index in [1.165, 1.54) is 17.9 Å². The van der Waals surface area contributed by atoms with Crippen LogP contribution in [-0.4, -0.2) is 38.0 Å². The number of carbonyl (C=O) groups excluding carboxylic acids is 1. The first-order chi connectivity index (χ1) is 8.11. The van der Waals surface area contributed by atoms with Gasteiger partial charge in [0.25, 0.3) is 0 Å². The fraction of sp³-hybridized carbons (Fsp3) is 0.125. The van der Waals surface area contributed by atoms with E-state index in [1.807, 2.05) is 0 Å². The molecule has 2 heterocycles. The molecule has 0 amide bonds. The Morgan fingerprint density at radius 1 is 1.47 bits per heavy atom. The average molecular weight is 299 g/mol. The van der Waals surface area contributed by atoms with E-state index in [2.05, 4.69) is 40.9 Å². The number of nitrogens with two attached hydrogens (primary N) is 1. The fourth-order valence-corrected chi connectivity index (χ4v) is 1.55. The van der Waals surface area contributed by atoms with Crippen LogP contribution in [0.3, 0.4) is 0 Å². The maximum Gasteiger partial charge on any atom is 0.358 e. The van der Waals surface area contributed by atoms with Crippen LogP contribution in [-0.2, 0) is 4.74 Å². The molecule has 9 heteroatoms. The summed E-state index contributed by atoms with van der Waals surface area (Å²) >= 11 is 3.16. The van der Waals surface area contributed by atoms with Crippen molar-refractivity contribution in [2.24, 2.45) is 0 Å².